The predicted octanol–water partition coefficient (Wildman–Crippen LogP) is 5.49. The zero-order chi connectivity index (χ0) is 37.1. The first-order valence-corrected chi connectivity index (χ1v) is 17.8. The molecule has 52 heavy (non-hydrogen) atoms. The van der Waals surface area contributed by atoms with E-state index in [4.69, 9.17) is 23.7 Å². The van der Waals surface area contributed by atoms with Crippen LogP contribution in [0.3, 0.4) is 0 Å². The smallest absolute Gasteiger partial charge is 0.410 e. The molecule has 3 aromatic rings. The summed E-state index contributed by atoms with van der Waals surface area (Å²) in [6.07, 6.45) is 2.94. The number of rotatable bonds is 6. The lowest BCUT2D eigenvalue weighted by atomic mass is 10.0. The molecular formula is C37H49N7O8. The summed E-state index contributed by atoms with van der Waals surface area (Å²) >= 11 is 0. The van der Waals surface area contributed by atoms with Crippen molar-refractivity contribution in [1.82, 2.24) is 25.2 Å². The van der Waals surface area contributed by atoms with Gasteiger partial charge in [-0.25, -0.2) is 4.79 Å². The lowest BCUT2D eigenvalue weighted by Crippen LogP contribution is -2.44. The number of benzene rings is 2. The summed E-state index contributed by atoms with van der Waals surface area (Å²) in [5.41, 5.74) is 1.11. The predicted molar refractivity (Wildman–Crippen MR) is 193 cm³/mol. The summed E-state index contributed by atoms with van der Waals surface area (Å²) in [6, 6.07) is 12.3. The molecule has 3 N–H and O–H groups in total. The Bertz CT molecular complexity index is 1680. The fourth-order valence-electron chi connectivity index (χ4n) is 5.70. The second-order valence-electron chi connectivity index (χ2n) is 13.5. The number of hydrogen-bond acceptors (Lipinski definition) is 13. The molecule has 15 nitrogen and oxygen atoms in total. The number of anilines is 3. The van der Waals surface area contributed by atoms with Gasteiger partial charge in [-0.1, -0.05) is 12.1 Å². The highest BCUT2D eigenvalue weighted by Crippen LogP contribution is 2.28. The minimum Gasteiger partial charge on any atom is -0.494 e. The van der Waals surface area contributed by atoms with E-state index < -0.39 is 35.5 Å². The molecule has 0 saturated carbocycles. The monoisotopic (exact) mass is 719 g/mol. The molecule has 0 spiro atoms. The molecule has 1 saturated heterocycles. The van der Waals surface area contributed by atoms with Crippen molar-refractivity contribution >= 4 is 35.6 Å². The van der Waals surface area contributed by atoms with E-state index in [1.54, 1.807) is 45.9 Å². The number of ether oxygens (including phenoxy) is 5. The van der Waals surface area contributed by atoms with Crippen molar-refractivity contribution in [2.45, 2.75) is 78.5 Å². The molecule has 15 heteroatoms. The van der Waals surface area contributed by atoms with Gasteiger partial charge in [-0.3, -0.25) is 9.59 Å². The van der Waals surface area contributed by atoms with E-state index in [0.717, 1.165) is 37.0 Å². The summed E-state index contributed by atoms with van der Waals surface area (Å²) in [7, 11) is 0. The molecule has 4 heterocycles. The first-order chi connectivity index (χ1) is 25.0. The highest BCUT2D eigenvalue weighted by atomic mass is 16.6. The molecule has 1 aromatic heterocycles. The molecular weight excluding hydrogens is 670 g/mol. The summed E-state index contributed by atoms with van der Waals surface area (Å²) in [5, 5.41) is 9.38. The van der Waals surface area contributed by atoms with Crippen LogP contribution >= 0.6 is 0 Å². The molecule has 3 aliphatic rings. The van der Waals surface area contributed by atoms with Crippen LogP contribution in [-0.2, 0) is 20.8 Å². The van der Waals surface area contributed by atoms with Crippen LogP contribution in [0.15, 0.2) is 42.5 Å². The molecule has 6 rings (SSSR count). The van der Waals surface area contributed by atoms with E-state index >= 15 is 0 Å². The Morgan fingerprint density at radius 1 is 0.904 bits per heavy atom. The van der Waals surface area contributed by atoms with Crippen molar-refractivity contribution in [3.63, 3.8) is 0 Å². The molecule has 6 bridgehead atoms. The van der Waals surface area contributed by atoms with Crippen LogP contribution in [0.2, 0.25) is 0 Å². The number of likely N-dealkylation sites (tertiary alicyclic amines) is 1. The Balaban J connectivity index is 1.39. The zero-order valence-corrected chi connectivity index (χ0v) is 30.5. The van der Waals surface area contributed by atoms with Crippen molar-refractivity contribution in [2.24, 2.45) is 5.92 Å². The Labute approximate surface area is 304 Å². The van der Waals surface area contributed by atoms with E-state index in [2.05, 4.69) is 30.9 Å². The molecule has 280 valence electrons. The third-order valence-electron chi connectivity index (χ3n) is 8.19. The molecule has 3 aliphatic heterocycles. The highest BCUT2D eigenvalue weighted by Gasteiger charge is 2.43. The largest absolute Gasteiger partial charge is 0.494 e. The minimum atomic E-state index is -0.778. The summed E-state index contributed by atoms with van der Waals surface area (Å²) in [5.74, 6) is -0.0805. The van der Waals surface area contributed by atoms with E-state index in [9.17, 15) is 14.4 Å². The van der Waals surface area contributed by atoms with Gasteiger partial charge in [-0.15, -0.1) is 0 Å². The molecule has 0 radical (unpaired) electrons. The van der Waals surface area contributed by atoms with Crippen LogP contribution < -0.4 is 30.2 Å². The number of nitrogens with zero attached hydrogens (tertiary/aromatic N) is 4. The lowest BCUT2D eigenvalue weighted by molar-refractivity contribution is -0.148. The standard InChI is InChI=1S/C37H49N7O8/c1-6-48-32(46)28-22-44(36(47)52-37(3,4)5)23-29(28)40-31(45)27-17-14-25-20-30(27)51-19-11-9-8-10-18-50-26-15-12-24(13-16-26)21-38-33-41-34(39-25)43-35(42-33)49-7-2/h12-17,20,28-29H,6-11,18-19,21-23H2,1-5H3,(H,40,45)(H2,38,39,41,42,43)/t28-,29-/m1/s1. The maximum Gasteiger partial charge on any atom is 0.410 e. The average Bonchev–Trinajstić information content (AvgIpc) is 3.52. The molecule has 0 unspecified atom stereocenters. The Kier molecular flexibility index (Phi) is 12.9. The second-order valence-corrected chi connectivity index (χ2v) is 13.5. The number of carbonyl (C=O) groups is 3. The number of fused-ring (bicyclic) bond motifs is 10. The average molecular weight is 720 g/mol. The third kappa shape index (κ3) is 10.8. The topological polar surface area (TPSA) is 175 Å². The number of aromatic nitrogens is 3. The second kappa shape index (κ2) is 17.7. The number of esters is 1. The van der Waals surface area contributed by atoms with Crippen LogP contribution in [0.5, 0.6) is 17.5 Å². The van der Waals surface area contributed by atoms with Crippen LogP contribution in [-0.4, -0.2) is 89.0 Å². The molecule has 2 amide bonds. The number of carbonyl (C=O) groups excluding carboxylic acids is 3. The van der Waals surface area contributed by atoms with Crippen molar-refractivity contribution in [2.75, 3.05) is 50.2 Å². The Morgan fingerprint density at radius 2 is 1.63 bits per heavy atom. The van der Waals surface area contributed by atoms with E-state index in [0.29, 0.717) is 43.8 Å². The molecule has 1 fully saturated rings. The van der Waals surface area contributed by atoms with Crippen LogP contribution in [0.25, 0.3) is 0 Å². The van der Waals surface area contributed by atoms with E-state index in [-0.39, 0.29) is 37.2 Å². The quantitative estimate of drug-likeness (QED) is 0.273. The normalized spacial score (nSPS) is 18.0. The summed E-state index contributed by atoms with van der Waals surface area (Å²) < 4.78 is 28.6. The van der Waals surface area contributed by atoms with Crippen molar-refractivity contribution in [1.29, 1.82) is 0 Å². The van der Waals surface area contributed by atoms with Crippen molar-refractivity contribution < 1.29 is 38.1 Å². The van der Waals surface area contributed by atoms with Crippen molar-refractivity contribution in [3.05, 3.63) is 53.6 Å². The van der Waals surface area contributed by atoms with Crippen molar-refractivity contribution in [3.8, 4) is 17.5 Å². The fraction of sp³-hybridized carbons (Fsp3) is 0.514. The van der Waals surface area contributed by atoms with Gasteiger partial charge in [0.2, 0.25) is 11.9 Å². The van der Waals surface area contributed by atoms with Gasteiger partial charge >= 0.3 is 18.1 Å². The lowest BCUT2D eigenvalue weighted by Gasteiger charge is -2.24. The minimum absolute atomic E-state index is 0.0498. The van der Waals surface area contributed by atoms with Crippen LogP contribution in [0, 0.1) is 5.92 Å². The highest BCUT2D eigenvalue weighted by molar-refractivity contribution is 5.98. The van der Waals surface area contributed by atoms with Gasteiger partial charge in [-0.2, -0.15) is 15.0 Å². The molecule has 2 aromatic carbocycles. The molecule has 2 atom stereocenters. The summed E-state index contributed by atoms with van der Waals surface area (Å²) in [6.45, 7) is 10.9. The van der Waals surface area contributed by atoms with E-state index in [1.807, 2.05) is 31.2 Å². The van der Waals surface area contributed by atoms with Crippen LogP contribution in [0.4, 0.5) is 22.4 Å². The van der Waals surface area contributed by atoms with Gasteiger partial charge in [-0.05, 0) is 90.1 Å². The maximum atomic E-state index is 13.9. The number of nitrogens with one attached hydrogen (secondary N) is 3. The van der Waals surface area contributed by atoms with Gasteiger partial charge in [0.25, 0.3) is 5.91 Å². The first kappa shape index (κ1) is 37.9. The Morgan fingerprint density at radius 3 is 2.35 bits per heavy atom. The van der Waals surface area contributed by atoms with Gasteiger partial charge < -0.3 is 44.5 Å². The van der Waals surface area contributed by atoms with Gasteiger partial charge in [0.05, 0.1) is 44.0 Å². The van der Waals surface area contributed by atoms with Crippen LogP contribution in [0.1, 0.15) is 76.2 Å². The van der Waals surface area contributed by atoms with E-state index in [1.165, 1.54) is 4.90 Å². The number of hydrogen-bond donors (Lipinski definition) is 3. The maximum absolute atomic E-state index is 13.9. The fourth-order valence-corrected chi connectivity index (χ4v) is 5.70. The zero-order valence-electron chi connectivity index (χ0n) is 30.5. The van der Waals surface area contributed by atoms with Gasteiger partial charge in [0.15, 0.2) is 0 Å². The third-order valence-corrected chi connectivity index (χ3v) is 8.19. The SMILES string of the molecule is CCOC(=O)[C@@H]1CN(C(=O)OC(C)(C)C)C[C@H]1NC(=O)c1ccc2cc1OCCCCCCOc1ccc(cc1)CNc1nc(nc(OCC)n1)N2. The Hall–Kier alpha value is -5.34. The number of amides is 2. The molecule has 0 aliphatic carbocycles. The first-order valence-electron chi connectivity index (χ1n) is 17.8. The van der Waals surface area contributed by atoms with Gasteiger partial charge in [0, 0.05) is 31.4 Å². The van der Waals surface area contributed by atoms with Gasteiger partial charge in [0.1, 0.15) is 17.1 Å². The summed E-state index contributed by atoms with van der Waals surface area (Å²) in [4.78, 5) is 54.5.